The van der Waals surface area contributed by atoms with Crippen LogP contribution in [0.25, 0.3) is 16.0 Å². The van der Waals surface area contributed by atoms with E-state index in [0.29, 0.717) is 41.0 Å². The number of fused-ring (bicyclic) bond motifs is 1. The number of carbonyl (C=O) groups excluding carboxylic acids is 2. The van der Waals surface area contributed by atoms with E-state index in [1.54, 1.807) is 24.3 Å². The predicted octanol–water partition coefficient (Wildman–Crippen LogP) is 7.12. The van der Waals surface area contributed by atoms with Gasteiger partial charge < -0.3 is 14.6 Å². The van der Waals surface area contributed by atoms with E-state index in [1.165, 1.54) is 16.2 Å². The molecule has 2 heterocycles. The quantitative estimate of drug-likeness (QED) is 0.102. The number of aliphatic hydroxyl groups is 1. The first-order valence-corrected chi connectivity index (χ1v) is 14.3. The van der Waals surface area contributed by atoms with Gasteiger partial charge in [0.05, 0.1) is 35.0 Å². The second-order valence-corrected chi connectivity index (χ2v) is 10.8. The molecule has 1 aromatic heterocycles. The van der Waals surface area contributed by atoms with Gasteiger partial charge in [-0.25, -0.2) is 4.98 Å². The Kier molecular flexibility index (Phi) is 7.89. The second kappa shape index (κ2) is 11.5. The summed E-state index contributed by atoms with van der Waals surface area (Å²) >= 11 is 1.36. The molecule has 1 fully saturated rings. The SMILES string of the molecule is CCCCOc1ccc(C2C(=C(O)c3cccc(OCC)c3)C(=O)C(=O)N2c2nc3c(C)cc(C)cc3s2)cc1. The van der Waals surface area contributed by atoms with Gasteiger partial charge >= 0.3 is 5.91 Å². The van der Waals surface area contributed by atoms with Crippen molar-refractivity contribution >= 4 is 44.1 Å². The average molecular weight is 557 g/mol. The van der Waals surface area contributed by atoms with Gasteiger partial charge in [-0.05, 0) is 74.2 Å². The fourth-order valence-corrected chi connectivity index (χ4v) is 6.11. The predicted molar refractivity (Wildman–Crippen MR) is 158 cm³/mol. The molecule has 4 aromatic rings. The third-order valence-electron chi connectivity index (χ3n) is 6.85. The number of Topliss-reactive ketones (excluding diaryl/α,β-unsaturated/α-hetero) is 1. The Hall–Kier alpha value is -4.17. The van der Waals surface area contributed by atoms with Crippen LogP contribution in [-0.2, 0) is 9.59 Å². The van der Waals surface area contributed by atoms with Crippen molar-refractivity contribution in [3.63, 3.8) is 0 Å². The Balaban J connectivity index is 1.65. The van der Waals surface area contributed by atoms with Gasteiger partial charge in [-0.2, -0.15) is 0 Å². The zero-order valence-corrected chi connectivity index (χ0v) is 23.9. The highest BCUT2D eigenvalue weighted by atomic mass is 32.1. The smallest absolute Gasteiger partial charge is 0.301 e. The van der Waals surface area contributed by atoms with Crippen LogP contribution in [0.2, 0.25) is 0 Å². The second-order valence-electron chi connectivity index (χ2n) is 9.83. The van der Waals surface area contributed by atoms with Crippen LogP contribution in [0.1, 0.15) is 55.0 Å². The summed E-state index contributed by atoms with van der Waals surface area (Å²) < 4.78 is 12.4. The molecule has 40 heavy (non-hydrogen) atoms. The summed E-state index contributed by atoms with van der Waals surface area (Å²) in [5.41, 5.74) is 3.93. The molecular formula is C32H32N2O5S. The first kappa shape index (κ1) is 27.4. The third kappa shape index (κ3) is 5.19. The summed E-state index contributed by atoms with van der Waals surface area (Å²) in [7, 11) is 0. The van der Waals surface area contributed by atoms with Gasteiger partial charge in [-0.1, -0.05) is 55.0 Å². The van der Waals surface area contributed by atoms with Crippen molar-refractivity contribution in [2.75, 3.05) is 18.1 Å². The number of aliphatic hydroxyl groups excluding tert-OH is 1. The van der Waals surface area contributed by atoms with Crippen molar-refractivity contribution in [1.82, 2.24) is 4.98 Å². The van der Waals surface area contributed by atoms with Crippen LogP contribution in [-0.4, -0.2) is 35.0 Å². The first-order valence-electron chi connectivity index (χ1n) is 13.5. The average Bonchev–Trinajstić information content (AvgIpc) is 3.47. The van der Waals surface area contributed by atoms with Crippen LogP contribution in [0.3, 0.4) is 0 Å². The fourth-order valence-electron chi connectivity index (χ4n) is 4.94. The third-order valence-corrected chi connectivity index (χ3v) is 7.85. The van der Waals surface area contributed by atoms with Gasteiger partial charge in [0.2, 0.25) is 0 Å². The Morgan fingerprint density at radius 1 is 1.00 bits per heavy atom. The zero-order valence-electron chi connectivity index (χ0n) is 23.1. The molecular weight excluding hydrogens is 524 g/mol. The standard InChI is InChI=1S/C32H32N2O5S/c1-5-7-15-39-23-13-11-21(12-14-23)28-26(29(35)22-9-8-10-24(18-22)38-6-2)30(36)31(37)34(28)32-33-27-20(4)16-19(3)17-25(27)40-32/h8-14,16-18,28,35H,5-7,15H2,1-4H3. The van der Waals surface area contributed by atoms with Gasteiger partial charge in [0.1, 0.15) is 17.3 Å². The molecule has 1 N–H and O–H groups in total. The molecule has 7 nitrogen and oxygen atoms in total. The number of benzene rings is 3. The van der Waals surface area contributed by atoms with E-state index in [4.69, 9.17) is 14.5 Å². The lowest BCUT2D eigenvalue weighted by atomic mass is 9.95. The molecule has 0 radical (unpaired) electrons. The maximum Gasteiger partial charge on any atom is 0.301 e. The summed E-state index contributed by atoms with van der Waals surface area (Å²) in [6.45, 7) is 9.03. The van der Waals surface area contributed by atoms with Gasteiger partial charge in [-0.15, -0.1) is 0 Å². The van der Waals surface area contributed by atoms with E-state index in [2.05, 4.69) is 6.92 Å². The molecule has 1 atom stereocenters. The lowest BCUT2D eigenvalue weighted by Gasteiger charge is -2.23. The molecule has 8 heteroatoms. The summed E-state index contributed by atoms with van der Waals surface area (Å²) in [6.07, 6.45) is 1.97. The minimum atomic E-state index is -0.873. The van der Waals surface area contributed by atoms with Crippen molar-refractivity contribution in [1.29, 1.82) is 0 Å². The van der Waals surface area contributed by atoms with E-state index in [9.17, 15) is 14.7 Å². The van der Waals surface area contributed by atoms with Crippen LogP contribution in [0.15, 0.2) is 66.2 Å². The summed E-state index contributed by atoms with van der Waals surface area (Å²) in [6, 6.07) is 17.4. The van der Waals surface area contributed by atoms with Gasteiger partial charge in [0.25, 0.3) is 5.78 Å². The summed E-state index contributed by atoms with van der Waals surface area (Å²) in [5.74, 6) is -0.500. The maximum atomic E-state index is 13.6. The van der Waals surface area contributed by atoms with Crippen molar-refractivity contribution in [2.45, 2.75) is 46.6 Å². The lowest BCUT2D eigenvalue weighted by molar-refractivity contribution is -0.132. The maximum absolute atomic E-state index is 13.6. The van der Waals surface area contributed by atoms with E-state index in [1.807, 2.05) is 57.2 Å². The molecule has 5 rings (SSSR count). The number of hydrogen-bond donors (Lipinski definition) is 1. The number of rotatable bonds is 9. The van der Waals surface area contributed by atoms with Crippen LogP contribution in [0.4, 0.5) is 5.13 Å². The minimum Gasteiger partial charge on any atom is -0.507 e. The number of amides is 1. The molecule has 1 aliphatic rings. The number of aromatic nitrogens is 1. The van der Waals surface area contributed by atoms with Crippen LogP contribution in [0, 0.1) is 13.8 Å². The van der Waals surface area contributed by atoms with Crippen LogP contribution >= 0.6 is 11.3 Å². The molecule has 1 amide bonds. The molecule has 3 aromatic carbocycles. The van der Waals surface area contributed by atoms with Crippen molar-refractivity contribution in [3.05, 3.63) is 88.5 Å². The van der Waals surface area contributed by atoms with Crippen molar-refractivity contribution < 1.29 is 24.2 Å². The highest BCUT2D eigenvalue weighted by molar-refractivity contribution is 7.22. The fraction of sp³-hybridized carbons (Fsp3) is 0.281. The van der Waals surface area contributed by atoms with E-state index in [-0.39, 0.29) is 11.3 Å². The summed E-state index contributed by atoms with van der Waals surface area (Å²) in [4.78, 5) is 33.4. The Morgan fingerprint density at radius 2 is 1.77 bits per heavy atom. The topological polar surface area (TPSA) is 89.0 Å². The van der Waals surface area contributed by atoms with E-state index in [0.717, 1.165) is 34.2 Å². The Morgan fingerprint density at radius 3 is 2.50 bits per heavy atom. The lowest BCUT2D eigenvalue weighted by Crippen LogP contribution is -2.29. The first-order chi connectivity index (χ1) is 19.3. The Bertz CT molecular complexity index is 1610. The molecule has 0 saturated carbocycles. The molecule has 1 aliphatic heterocycles. The Labute approximate surface area is 237 Å². The highest BCUT2D eigenvalue weighted by Gasteiger charge is 2.48. The van der Waals surface area contributed by atoms with E-state index < -0.39 is 17.7 Å². The van der Waals surface area contributed by atoms with E-state index >= 15 is 0 Å². The number of aryl methyl sites for hydroxylation is 2. The van der Waals surface area contributed by atoms with Crippen LogP contribution in [0.5, 0.6) is 11.5 Å². The number of nitrogens with zero attached hydrogens (tertiary/aromatic N) is 2. The molecule has 1 saturated heterocycles. The highest BCUT2D eigenvalue weighted by Crippen LogP contribution is 2.45. The molecule has 0 bridgehead atoms. The van der Waals surface area contributed by atoms with Crippen molar-refractivity contribution in [3.8, 4) is 11.5 Å². The number of hydrogen-bond acceptors (Lipinski definition) is 7. The van der Waals surface area contributed by atoms with Gasteiger partial charge in [-0.3, -0.25) is 14.5 Å². The number of unbranched alkanes of at least 4 members (excludes halogenated alkanes) is 1. The number of ether oxygens (including phenoxy) is 2. The van der Waals surface area contributed by atoms with Gasteiger partial charge in [0.15, 0.2) is 5.13 Å². The molecule has 0 spiro atoms. The van der Waals surface area contributed by atoms with Crippen LogP contribution < -0.4 is 14.4 Å². The molecule has 206 valence electrons. The largest absolute Gasteiger partial charge is 0.507 e. The number of ketones is 1. The van der Waals surface area contributed by atoms with Crippen molar-refractivity contribution in [2.24, 2.45) is 0 Å². The minimum absolute atomic E-state index is 0.00505. The summed E-state index contributed by atoms with van der Waals surface area (Å²) in [5, 5.41) is 11.9. The van der Waals surface area contributed by atoms with Gasteiger partial charge in [0, 0.05) is 5.56 Å². The monoisotopic (exact) mass is 556 g/mol. The normalized spacial score (nSPS) is 16.6. The number of carbonyl (C=O) groups is 2. The number of anilines is 1. The molecule has 1 unspecified atom stereocenters. The molecule has 0 aliphatic carbocycles. The zero-order chi connectivity index (χ0) is 28.4. The number of thiazole rings is 1.